The van der Waals surface area contributed by atoms with Crippen LogP contribution in [0.2, 0.25) is 5.02 Å². The lowest BCUT2D eigenvalue weighted by Gasteiger charge is -2.27. The molecule has 4 atom stereocenters. The van der Waals surface area contributed by atoms with E-state index in [1.54, 1.807) is 24.3 Å². The zero-order valence-electron chi connectivity index (χ0n) is 15.4. The van der Waals surface area contributed by atoms with E-state index in [1.807, 2.05) is 4.90 Å². The Morgan fingerprint density at radius 2 is 1.62 bits per heavy atom. The summed E-state index contributed by atoms with van der Waals surface area (Å²) in [6, 6.07) is 11.1. The number of carbonyl (C=O) groups is 3. The van der Waals surface area contributed by atoms with E-state index >= 15 is 0 Å². The van der Waals surface area contributed by atoms with Crippen LogP contribution < -0.4 is 4.90 Å². The van der Waals surface area contributed by atoms with E-state index in [2.05, 4.69) is 0 Å². The molecular weight excluding hydrogens is 395 g/mol. The molecule has 2 amide bonds. The van der Waals surface area contributed by atoms with E-state index in [-0.39, 0.29) is 23.6 Å². The first-order chi connectivity index (χ1) is 14.0. The van der Waals surface area contributed by atoms with E-state index in [9.17, 15) is 18.8 Å². The Morgan fingerprint density at radius 3 is 2.31 bits per heavy atom. The predicted octanol–water partition coefficient (Wildman–Crippen LogP) is 3.31. The van der Waals surface area contributed by atoms with Crippen molar-refractivity contribution in [3.8, 4) is 0 Å². The maximum Gasteiger partial charge on any atom is 0.239 e. The molecule has 0 bridgehead atoms. The summed E-state index contributed by atoms with van der Waals surface area (Å²) in [6.07, 6.45) is 1.66. The van der Waals surface area contributed by atoms with Gasteiger partial charge in [0.05, 0.1) is 23.6 Å². The molecule has 0 radical (unpaired) electrons. The quantitative estimate of drug-likeness (QED) is 0.573. The first kappa shape index (κ1) is 18.5. The molecule has 0 spiro atoms. The van der Waals surface area contributed by atoms with Crippen molar-refractivity contribution in [1.29, 1.82) is 0 Å². The molecule has 3 aliphatic heterocycles. The summed E-state index contributed by atoms with van der Waals surface area (Å²) in [6.45, 7) is 0.693. The minimum atomic E-state index is -0.721. The number of rotatable bonds is 3. The van der Waals surface area contributed by atoms with Crippen LogP contribution in [0.15, 0.2) is 48.5 Å². The van der Waals surface area contributed by atoms with Gasteiger partial charge in [-0.3, -0.25) is 19.3 Å². The minimum absolute atomic E-state index is 0.122. The number of halogens is 2. The van der Waals surface area contributed by atoms with Crippen molar-refractivity contribution in [3.05, 3.63) is 64.9 Å². The number of nitrogens with zero attached hydrogens (tertiary/aromatic N) is 2. The molecule has 2 aromatic carbocycles. The number of hydrogen-bond donors (Lipinski definition) is 0. The zero-order valence-corrected chi connectivity index (χ0v) is 16.2. The Labute approximate surface area is 172 Å². The summed E-state index contributed by atoms with van der Waals surface area (Å²) >= 11 is 5.94. The van der Waals surface area contributed by atoms with Crippen LogP contribution in [0.3, 0.4) is 0 Å². The Hall–Kier alpha value is -2.57. The fourth-order valence-corrected chi connectivity index (χ4v) is 5.27. The topological polar surface area (TPSA) is 57.7 Å². The lowest BCUT2D eigenvalue weighted by atomic mass is 9.85. The normalized spacial score (nSPS) is 28.7. The predicted molar refractivity (Wildman–Crippen MR) is 105 cm³/mol. The Morgan fingerprint density at radius 1 is 0.966 bits per heavy atom. The van der Waals surface area contributed by atoms with Crippen LogP contribution in [0.1, 0.15) is 23.2 Å². The maximum atomic E-state index is 13.4. The minimum Gasteiger partial charge on any atom is -0.292 e. The third kappa shape index (κ3) is 2.74. The molecule has 7 heteroatoms. The van der Waals surface area contributed by atoms with E-state index in [1.165, 1.54) is 24.3 Å². The second-order valence-corrected chi connectivity index (χ2v) is 8.24. The average molecular weight is 413 g/mol. The van der Waals surface area contributed by atoms with Crippen LogP contribution in [0.4, 0.5) is 10.1 Å². The lowest BCUT2D eigenvalue weighted by molar-refractivity contribution is -0.123. The molecule has 0 unspecified atom stereocenters. The molecule has 3 fully saturated rings. The van der Waals surface area contributed by atoms with Gasteiger partial charge in [0.2, 0.25) is 11.8 Å². The van der Waals surface area contributed by atoms with Gasteiger partial charge in [0, 0.05) is 16.6 Å². The van der Waals surface area contributed by atoms with Crippen molar-refractivity contribution in [2.75, 3.05) is 11.4 Å². The van der Waals surface area contributed by atoms with Crippen molar-refractivity contribution in [3.63, 3.8) is 0 Å². The SMILES string of the molecule is O=C(c1ccc(Cl)cc1)[C@H]1[C@H]2C(=O)N(c3ccc(F)cc3)C(=O)[C@@H]2[C@H]2CCCN21. The first-order valence-corrected chi connectivity index (χ1v) is 10.0. The van der Waals surface area contributed by atoms with Gasteiger partial charge in [-0.05, 0) is 67.9 Å². The molecule has 0 aromatic heterocycles. The smallest absolute Gasteiger partial charge is 0.239 e. The van der Waals surface area contributed by atoms with Crippen molar-refractivity contribution in [2.24, 2.45) is 11.8 Å². The van der Waals surface area contributed by atoms with Crippen LogP contribution in [0.5, 0.6) is 0 Å². The number of carbonyl (C=O) groups excluding carboxylic acids is 3. The summed E-state index contributed by atoms with van der Waals surface area (Å²) in [5, 5.41) is 0.527. The third-order valence-electron chi connectivity index (χ3n) is 6.33. The van der Waals surface area contributed by atoms with Gasteiger partial charge in [0.25, 0.3) is 0 Å². The molecule has 3 heterocycles. The molecule has 3 saturated heterocycles. The number of ketones is 1. The van der Waals surface area contributed by atoms with Crippen molar-refractivity contribution in [1.82, 2.24) is 4.90 Å². The number of amides is 2. The highest BCUT2D eigenvalue weighted by atomic mass is 35.5. The number of benzene rings is 2. The van der Waals surface area contributed by atoms with Crippen LogP contribution in [0.25, 0.3) is 0 Å². The highest BCUT2D eigenvalue weighted by Crippen LogP contribution is 2.48. The molecule has 0 N–H and O–H groups in total. The van der Waals surface area contributed by atoms with Crippen molar-refractivity contribution >= 4 is 34.9 Å². The summed E-state index contributed by atoms with van der Waals surface area (Å²) < 4.78 is 13.3. The molecule has 3 aliphatic rings. The summed E-state index contributed by atoms with van der Waals surface area (Å²) in [5.74, 6) is -2.55. The second-order valence-electron chi connectivity index (χ2n) is 7.80. The van der Waals surface area contributed by atoms with Gasteiger partial charge in [0.15, 0.2) is 5.78 Å². The van der Waals surface area contributed by atoms with Crippen LogP contribution in [-0.4, -0.2) is 41.1 Å². The van der Waals surface area contributed by atoms with Gasteiger partial charge in [-0.1, -0.05) is 11.6 Å². The Balaban J connectivity index is 1.54. The highest BCUT2D eigenvalue weighted by molar-refractivity contribution is 6.30. The largest absolute Gasteiger partial charge is 0.292 e. The highest BCUT2D eigenvalue weighted by Gasteiger charge is 2.64. The van der Waals surface area contributed by atoms with Gasteiger partial charge in [-0.15, -0.1) is 0 Å². The average Bonchev–Trinajstić information content (AvgIpc) is 3.35. The Kier molecular flexibility index (Phi) is 4.29. The summed E-state index contributed by atoms with van der Waals surface area (Å²) in [4.78, 5) is 43.1. The molecular formula is C22H18ClFN2O3. The maximum absolute atomic E-state index is 13.4. The molecule has 5 nitrogen and oxygen atoms in total. The fraction of sp³-hybridized carbons (Fsp3) is 0.318. The van der Waals surface area contributed by atoms with Crippen LogP contribution >= 0.6 is 11.6 Å². The number of anilines is 1. The van der Waals surface area contributed by atoms with Gasteiger partial charge in [-0.25, -0.2) is 9.29 Å². The van der Waals surface area contributed by atoms with Crippen LogP contribution in [-0.2, 0) is 9.59 Å². The van der Waals surface area contributed by atoms with E-state index in [0.717, 1.165) is 17.7 Å². The number of fused-ring (bicyclic) bond motifs is 3. The zero-order chi connectivity index (χ0) is 20.3. The number of Topliss-reactive ketones (excluding diaryl/α,β-unsaturated/α-hetero) is 1. The standard InChI is InChI=1S/C22H18ClFN2O3/c23-13-5-3-12(4-6-13)20(27)19-18-17(16-2-1-11-25(16)19)21(28)26(22(18)29)15-9-7-14(24)8-10-15/h3-10,16-19H,1-2,11H2/t16-,17-,18+,19-/m1/s1. The monoisotopic (exact) mass is 412 g/mol. The van der Waals surface area contributed by atoms with Crippen LogP contribution in [0, 0.1) is 17.7 Å². The molecule has 29 heavy (non-hydrogen) atoms. The van der Waals surface area contributed by atoms with Gasteiger partial charge in [0.1, 0.15) is 5.82 Å². The molecule has 0 saturated carbocycles. The first-order valence-electron chi connectivity index (χ1n) is 9.66. The fourth-order valence-electron chi connectivity index (χ4n) is 5.14. The number of hydrogen-bond acceptors (Lipinski definition) is 4. The lowest BCUT2D eigenvalue weighted by Crippen LogP contribution is -2.46. The van der Waals surface area contributed by atoms with Crippen molar-refractivity contribution < 1.29 is 18.8 Å². The van der Waals surface area contributed by atoms with E-state index < -0.39 is 23.7 Å². The van der Waals surface area contributed by atoms with Crippen molar-refractivity contribution in [2.45, 2.75) is 24.9 Å². The molecule has 5 rings (SSSR count). The Bertz CT molecular complexity index is 1010. The second kappa shape index (κ2) is 6.75. The summed E-state index contributed by atoms with van der Waals surface area (Å²) in [7, 11) is 0. The van der Waals surface area contributed by atoms with Gasteiger partial charge in [-0.2, -0.15) is 0 Å². The van der Waals surface area contributed by atoms with Gasteiger partial charge >= 0.3 is 0 Å². The van der Waals surface area contributed by atoms with Gasteiger partial charge < -0.3 is 0 Å². The van der Waals surface area contributed by atoms with E-state index in [0.29, 0.717) is 22.8 Å². The number of imide groups is 1. The summed E-state index contributed by atoms with van der Waals surface area (Å²) in [5.41, 5.74) is 0.823. The van der Waals surface area contributed by atoms with E-state index in [4.69, 9.17) is 11.6 Å². The molecule has 148 valence electrons. The third-order valence-corrected chi connectivity index (χ3v) is 6.59. The molecule has 0 aliphatic carbocycles. The molecule has 2 aromatic rings.